The Hall–Kier alpha value is -1.06. The van der Waals surface area contributed by atoms with E-state index in [2.05, 4.69) is 64.6 Å². The SMILES string of the molecule is COc1ccc(CC(C)CN2C[C@@H](C)O[C@@H](C)C2)cc1C(C)(C)C. The van der Waals surface area contributed by atoms with Gasteiger partial charge in [0.25, 0.3) is 0 Å². The Morgan fingerprint density at radius 3 is 2.38 bits per heavy atom. The predicted molar refractivity (Wildman–Crippen MR) is 101 cm³/mol. The first kappa shape index (κ1) is 19.3. The summed E-state index contributed by atoms with van der Waals surface area (Å²) in [5, 5.41) is 0. The van der Waals surface area contributed by atoms with Crippen molar-refractivity contribution in [2.45, 2.75) is 65.6 Å². The van der Waals surface area contributed by atoms with Crippen molar-refractivity contribution in [3.8, 4) is 5.75 Å². The number of methoxy groups -OCH3 is 1. The van der Waals surface area contributed by atoms with Gasteiger partial charge in [0, 0.05) is 19.6 Å². The van der Waals surface area contributed by atoms with E-state index < -0.39 is 0 Å². The van der Waals surface area contributed by atoms with E-state index in [1.54, 1.807) is 7.11 Å². The van der Waals surface area contributed by atoms with Gasteiger partial charge in [0.15, 0.2) is 0 Å². The largest absolute Gasteiger partial charge is 0.496 e. The lowest BCUT2D eigenvalue weighted by atomic mass is 9.84. The Kier molecular flexibility index (Phi) is 6.33. The number of morpholine rings is 1. The van der Waals surface area contributed by atoms with Gasteiger partial charge in [-0.3, -0.25) is 4.90 Å². The molecule has 136 valence electrons. The molecule has 3 heteroatoms. The maximum atomic E-state index is 5.84. The van der Waals surface area contributed by atoms with Gasteiger partial charge in [0.1, 0.15) is 5.75 Å². The van der Waals surface area contributed by atoms with Crippen molar-refractivity contribution in [3.63, 3.8) is 0 Å². The highest BCUT2D eigenvalue weighted by Crippen LogP contribution is 2.32. The van der Waals surface area contributed by atoms with Gasteiger partial charge in [0.2, 0.25) is 0 Å². The molecule has 2 rings (SSSR count). The van der Waals surface area contributed by atoms with E-state index >= 15 is 0 Å². The van der Waals surface area contributed by atoms with Crippen LogP contribution in [0.2, 0.25) is 0 Å². The smallest absolute Gasteiger partial charge is 0.122 e. The van der Waals surface area contributed by atoms with Crippen LogP contribution in [0.15, 0.2) is 18.2 Å². The Labute approximate surface area is 148 Å². The van der Waals surface area contributed by atoms with Gasteiger partial charge >= 0.3 is 0 Å². The monoisotopic (exact) mass is 333 g/mol. The van der Waals surface area contributed by atoms with Gasteiger partial charge < -0.3 is 9.47 Å². The van der Waals surface area contributed by atoms with Crippen molar-refractivity contribution >= 4 is 0 Å². The molecule has 1 aromatic rings. The molecule has 0 amide bonds. The van der Waals surface area contributed by atoms with Gasteiger partial charge in [-0.15, -0.1) is 0 Å². The van der Waals surface area contributed by atoms with Crippen molar-refractivity contribution < 1.29 is 9.47 Å². The molecule has 0 aliphatic carbocycles. The zero-order valence-electron chi connectivity index (χ0n) is 16.6. The fraction of sp³-hybridized carbons (Fsp3) is 0.714. The van der Waals surface area contributed by atoms with Crippen LogP contribution in [0.1, 0.15) is 52.7 Å². The first-order valence-electron chi connectivity index (χ1n) is 9.24. The molecule has 1 fully saturated rings. The van der Waals surface area contributed by atoms with Crippen LogP contribution in [0, 0.1) is 5.92 Å². The van der Waals surface area contributed by atoms with E-state index in [1.165, 1.54) is 11.1 Å². The highest BCUT2D eigenvalue weighted by Gasteiger charge is 2.24. The summed E-state index contributed by atoms with van der Waals surface area (Å²) < 4.78 is 11.4. The van der Waals surface area contributed by atoms with E-state index in [0.29, 0.717) is 18.1 Å². The number of nitrogens with zero attached hydrogens (tertiary/aromatic N) is 1. The Morgan fingerprint density at radius 2 is 1.83 bits per heavy atom. The molecule has 0 spiro atoms. The number of hydrogen-bond acceptors (Lipinski definition) is 3. The molecule has 0 radical (unpaired) electrons. The number of hydrogen-bond donors (Lipinski definition) is 0. The molecule has 3 nitrogen and oxygen atoms in total. The first-order valence-corrected chi connectivity index (χ1v) is 9.24. The molecule has 1 aliphatic heterocycles. The van der Waals surface area contributed by atoms with E-state index in [1.807, 2.05) is 0 Å². The molecular weight excluding hydrogens is 298 g/mol. The minimum Gasteiger partial charge on any atom is -0.496 e. The minimum atomic E-state index is 0.0969. The molecule has 1 aromatic carbocycles. The van der Waals surface area contributed by atoms with Crippen LogP contribution in [-0.2, 0) is 16.6 Å². The third kappa shape index (κ3) is 5.22. The van der Waals surface area contributed by atoms with Crippen LogP contribution in [0.5, 0.6) is 5.75 Å². The van der Waals surface area contributed by atoms with Crippen molar-refractivity contribution in [2.75, 3.05) is 26.7 Å². The summed E-state index contributed by atoms with van der Waals surface area (Å²) in [4.78, 5) is 2.55. The fourth-order valence-corrected chi connectivity index (χ4v) is 3.81. The quantitative estimate of drug-likeness (QED) is 0.803. The Balaban J connectivity index is 2.02. The third-order valence-corrected chi connectivity index (χ3v) is 4.72. The second-order valence-electron chi connectivity index (χ2n) is 8.57. The van der Waals surface area contributed by atoms with Crippen molar-refractivity contribution in [2.24, 2.45) is 5.92 Å². The summed E-state index contributed by atoms with van der Waals surface area (Å²) in [6, 6.07) is 6.68. The number of benzene rings is 1. The third-order valence-electron chi connectivity index (χ3n) is 4.72. The highest BCUT2D eigenvalue weighted by molar-refractivity contribution is 5.41. The van der Waals surface area contributed by atoms with Gasteiger partial charge in [-0.25, -0.2) is 0 Å². The van der Waals surface area contributed by atoms with E-state index in [9.17, 15) is 0 Å². The van der Waals surface area contributed by atoms with Crippen LogP contribution in [0.3, 0.4) is 0 Å². The van der Waals surface area contributed by atoms with Crippen molar-refractivity contribution in [1.29, 1.82) is 0 Å². The summed E-state index contributed by atoms with van der Waals surface area (Å²) in [6.45, 7) is 16.7. The topological polar surface area (TPSA) is 21.7 Å². The summed E-state index contributed by atoms with van der Waals surface area (Å²) in [6.07, 6.45) is 1.79. The van der Waals surface area contributed by atoms with Gasteiger partial charge in [0.05, 0.1) is 19.3 Å². The molecule has 0 bridgehead atoms. The predicted octanol–water partition coefficient (Wildman–Crippen LogP) is 4.28. The average Bonchev–Trinajstić information content (AvgIpc) is 2.45. The molecule has 1 saturated heterocycles. The molecule has 1 unspecified atom stereocenters. The summed E-state index contributed by atoms with van der Waals surface area (Å²) in [5.74, 6) is 1.62. The molecule has 0 aromatic heterocycles. The zero-order valence-corrected chi connectivity index (χ0v) is 16.6. The number of ether oxygens (including phenoxy) is 2. The standard InChI is InChI=1S/C21H35NO2/c1-15(12-22-13-16(2)24-17(3)14-22)10-18-8-9-20(23-7)19(11-18)21(4,5)6/h8-9,11,15-17H,10,12-14H2,1-7H3/t15?,16-,17+. The minimum absolute atomic E-state index is 0.0969. The number of rotatable bonds is 5. The zero-order chi connectivity index (χ0) is 17.9. The first-order chi connectivity index (χ1) is 11.2. The molecule has 24 heavy (non-hydrogen) atoms. The van der Waals surface area contributed by atoms with Crippen molar-refractivity contribution in [1.82, 2.24) is 4.90 Å². The highest BCUT2D eigenvalue weighted by atomic mass is 16.5. The summed E-state index contributed by atoms with van der Waals surface area (Å²) >= 11 is 0. The van der Waals surface area contributed by atoms with Crippen LogP contribution in [0.25, 0.3) is 0 Å². The Bertz CT molecular complexity index is 525. The lowest BCUT2D eigenvalue weighted by molar-refractivity contribution is -0.0708. The maximum Gasteiger partial charge on any atom is 0.122 e. The molecule has 1 heterocycles. The second-order valence-corrected chi connectivity index (χ2v) is 8.57. The normalized spacial score (nSPS) is 24.0. The van der Waals surface area contributed by atoms with Crippen LogP contribution < -0.4 is 4.74 Å². The molecule has 3 atom stereocenters. The van der Waals surface area contributed by atoms with Crippen LogP contribution >= 0.6 is 0 Å². The Morgan fingerprint density at radius 1 is 1.21 bits per heavy atom. The van der Waals surface area contributed by atoms with E-state index in [0.717, 1.165) is 31.8 Å². The average molecular weight is 334 g/mol. The van der Waals surface area contributed by atoms with Gasteiger partial charge in [-0.05, 0) is 48.8 Å². The maximum absolute atomic E-state index is 5.84. The molecular formula is C21H35NO2. The van der Waals surface area contributed by atoms with Crippen LogP contribution in [0.4, 0.5) is 0 Å². The second kappa shape index (κ2) is 7.88. The molecule has 0 saturated carbocycles. The lowest BCUT2D eigenvalue weighted by Crippen LogP contribution is -2.47. The van der Waals surface area contributed by atoms with E-state index in [4.69, 9.17) is 9.47 Å². The summed E-state index contributed by atoms with van der Waals surface area (Å²) in [5.41, 5.74) is 2.80. The fourth-order valence-electron chi connectivity index (χ4n) is 3.81. The molecule has 0 N–H and O–H groups in total. The lowest BCUT2D eigenvalue weighted by Gasteiger charge is -2.36. The van der Waals surface area contributed by atoms with Crippen LogP contribution in [-0.4, -0.2) is 43.9 Å². The summed E-state index contributed by atoms with van der Waals surface area (Å²) in [7, 11) is 1.76. The van der Waals surface area contributed by atoms with Crippen molar-refractivity contribution in [3.05, 3.63) is 29.3 Å². The van der Waals surface area contributed by atoms with Gasteiger partial charge in [-0.1, -0.05) is 39.8 Å². The van der Waals surface area contributed by atoms with Gasteiger partial charge in [-0.2, -0.15) is 0 Å². The van der Waals surface area contributed by atoms with E-state index in [-0.39, 0.29) is 5.41 Å². The molecule has 1 aliphatic rings.